The highest BCUT2D eigenvalue weighted by atomic mass is 14.9. The Morgan fingerprint density at radius 2 is 1.56 bits per heavy atom. The summed E-state index contributed by atoms with van der Waals surface area (Å²) in [5, 5.41) is 3.52. The van der Waals surface area contributed by atoms with Crippen LogP contribution in [-0.4, -0.2) is 6.54 Å². The highest BCUT2D eigenvalue weighted by Crippen LogP contribution is 2.13. The SMILES string of the molecule is C=C[C@H](NCCc1ccccc1)c1ccccc1. The van der Waals surface area contributed by atoms with E-state index in [9.17, 15) is 0 Å². The maximum Gasteiger partial charge on any atom is 0.0503 e. The molecule has 2 rings (SSSR count). The number of nitrogens with one attached hydrogen (secondary N) is 1. The van der Waals surface area contributed by atoms with Crippen molar-refractivity contribution in [2.45, 2.75) is 12.5 Å². The fourth-order valence-electron chi connectivity index (χ4n) is 2.01. The topological polar surface area (TPSA) is 12.0 Å². The lowest BCUT2D eigenvalue weighted by molar-refractivity contribution is 0.621. The molecule has 0 aliphatic rings. The number of rotatable bonds is 6. The Balaban J connectivity index is 1.87. The zero-order valence-corrected chi connectivity index (χ0v) is 10.5. The molecule has 2 aromatic carbocycles. The normalized spacial score (nSPS) is 12.0. The van der Waals surface area contributed by atoms with E-state index in [2.05, 4.69) is 60.4 Å². The van der Waals surface area contributed by atoms with Crippen LogP contribution in [-0.2, 0) is 6.42 Å². The molecule has 0 saturated carbocycles. The molecule has 1 heteroatoms. The zero-order valence-electron chi connectivity index (χ0n) is 10.5. The smallest absolute Gasteiger partial charge is 0.0503 e. The Kier molecular flexibility index (Phi) is 4.74. The predicted octanol–water partition coefficient (Wildman–Crippen LogP) is 3.75. The second kappa shape index (κ2) is 6.77. The first-order chi connectivity index (χ1) is 8.90. The maximum atomic E-state index is 3.90. The van der Waals surface area contributed by atoms with Crippen molar-refractivity contribution in [3.63, 3.8) is 0 Å². The molecule has 0 spiro atoms. The monoisotopic (exact) mass is 237 g/mol. The van der Waals surface area contributed by atoms with Crippen molar-refractivity contribution in [1.29, 1.82) is 0 Å². The Hall–Kier alpha value is -1.86. The Labute approximate surface area is 109 Å². The first-order valence-electron chi connectivity index (χ1n) is 6.35. The van der Waals surface area contributed by atoms with E-state index in [4.69, 9.17) is 0 Å². The largest absolute Gasteiger partial charge is 0.306 e. The highest BCUT2D eigenvalue weighted by Gasteiger charge is 2.04. The average Bonchev–Trinajstić information content (AvgIpc) is 2.46. The molecule has 0 amide bonds. The molecule has 92 valence electrons. The first-order valence-corrected chi connectivity index (χ1v) is 6.35. The van der Waals surface area contributed by atoms with Gasteiger partial charge in [-0.25, -0.2) is 0 Å². The minimum Gasteiger partial charge on any atom is -0.306 e. The molecule has 0 unspecified atom stereocenters. The summed E-state index contributed by atoms with van der Waals surface area (Å²) in [4.78, 5) is 0. The summed E-state index contributed by atoms with van der Waals surface area (Å²) >= 11 is 0. The molecule has 0 bridgehead atoms. The molecule has 0 aromatic heterocycles. The van der Waals surface area contributed by atoms with Gasteiger partial charge in [0.1, 0.15) is 0 Å². The lowest BCUT2D eigenvalue weighted by atomic mass is 10.1. The van der Waals surface area contributed by atoms with Crippen LogP contribution >= 0.6 is 0 Å². The molecular weight excluding hydrogens is 218 g/mol. The number of hydrogen-bond donors (Lipinski definition) is 1. The van der Waals surface area contributed by atoms with Gasteiger partial charge in [0.15, 0.2) is 0 Å². The van der Waals surface area contributed by atoms with Gasteiger partial charge in [-0.15, -0.1) is 6.58 Å². The van der Waals surface area contributed by atoms with Crippen LogP contribution in [0.1, 0.15) is 17.2 Å². The van der Waals surface area contributed by atoms with Gasteiger partial charge in [0, 0.05) is 6.54 Å². The molecule has 0 aliphatic carbocycles. The van der Waals surface area contributed by atoms with Gasteiger partial charge in [-0.1, -0.05) is 66.7 Å². The minimum absolute atomic E-state index is 0.231. The third-order valence-electron chi connectivity index (χ3n) is 3.02. The minimum atomic E-state index is 0.231. The van der Waals surface area contributed by atoms with Gasteiger partial charge in [0.05, 0.1) is 6.04 Å². The second-order valence-electron chi connectivity index (χ2n) is 4.31. The van der Waals surface area contributed by atoms with Gasteiger partial charge in [-0.2, -0.15) is 0 Å². The van der Waals surface area contributed by atoms with E-state index in [1.807, 2.05) is 18.2 Å². The molecule has 0 radical (unpaired) electrons. The fourth-order valence-corrected chi connectivity index (χ4v) is 2.01. The predicted molar refractivity (Wildman–Crippen MR) is 77.5 cm³/mol. The quantitative estimate of drug-likeness (QED) is 0.755. The van der Waals surface area contributed by atoms with Crippen molar-refractivity contribution in [3.8, 4) is 0 Å². The van der Waals surface area contributed by atoms with E-state index in [0.717, 1.165) is 13.0 Å². The molecule has 1 atom stereocenters. The van der Waals surface area contributed by atoms with Crippen LogP contribution in [0.2, 0.25) is 0 Å². The standard InChI is InChI=1S/C17H19N/c1-2-17(16-11-7-4-8-12-16)18-14-13-15-9-5-3-6-10-15/h2-12,17-18H,1,13-14H2/t17-/m0/s1. The summed E-state index contributed by atoms with van der Waals surface area (Å²) in [5.74, 6) is 0. The van der Waals surface area contributed by atoms with Crippen LogP contribution in [0.3, 0.4) is 0 Å². The molecule has 2 aromatic rings. The van der Waals surface area contributed by atoms with E-state index in [1.54, 1.807) is 0 Å². The van der Waals surface area contributed by atoms with Crippen molar-refractivity contribution >= 4 is 0 Å². The number of hydrogen-bond acceptors (Lipinski definition) is 1. The summed E-state index contributed by atoms with van der Waals surface area (Å²) in [5.41, 5.74) is 2.63. The number of benzene rings is 2. The van der Waals surface area contributed by atoms with E-state index in [-0.39, 0.29) is 6.04 Å². The zero-order chi connectivity index (χ0) is 12.6. The first kappa shape index (κ1) is 12.6. The summed E-state index contributed by atoms with van der Waals surface area (Å²) in [7, 11) is 0. The Morgan fingerprint density at radius 3 is 2.17 bits per heavy atom. The summed E-state index contributed by atoms with van der Waals surface area (Å²) in [6, 6.07) is 21.2. The van der Waals surface area contributed by atoms with Crippen LogP contribution in [0.4, 0.5) is 0 Å². The summed E-state index contributed by atoms with van der Waals surface area (Å²) < 4.78 is 0. The van der Waals surface area contributed by atoms with Crippen LogP contribution in [0.15, 0.2) is 73.3 Å². The van der Waals surface area contributed by atoms with Gasteiger partial charge in [-0.3, -0.25) is 0 Å². The van der Waals surface area contributed by atoms with Crippen LogP contribution in [0.5, 0.6) is 0 Å². The Morgan fingerprint density at radius 1 is 0.944 bits per heavy atom. The van der Waals surface area contributed by atoms with Crippen molar-refractivity contribution in [3.05, 3.63) is 84.4 Å². The van der Waals surface area contributed by atoms with Crippen molar-refractivity contribution in [1.82, 2.24) is 5.32 Å². The van der Waals surface area contributed by atoms with E-state index >= 15 is 0 Å². The fraction of sp³-hybridized carbons (Fsp3) is 0.176. The molecule has 1 nitrogen and oxygen atoms in total. The third kappa shape index (κ3) is 3.57. The van der Waals surface area contributed by atoms with Crippen molar-refractivity contribution in [2.24, 2.45) is 0 Å². The van der Waals surface area contributed by atoms with Gasteiger partial charge in [0.2, 0.25) is 0 Å². The Bertz CT molecular complexity index is 461. The van der Waals surface area contributed by atoms with E-state index in [0.29, 0.717) is 0 Å². The molecule has 0 aliphatic heterocycles. The molecule has 0 saturated heterocycles. The van der Waals surface area contributed by atoms with Gasteiger partial charge in [-0.05, 0) is 17.5 Å². The van der Waals surface area contributed by atoms with E-state index in [1.165, 1.54) is 11.1 Å². The van der Waals surface area contributed by atoms with Gasteiger partial charge < -0.3 is 5.32 Å². The van der Waals surface area contributed by atoms with Gasteiger partial charge >= 0.3 is 0 Å². The molecule has 0 fully saturated rings. The van der Waals surface area contributed by atoms with Gasteiger partial charge in [0.25, 0.3) is 0 Å². The lowest BCUT2D eigenvalue weighted by Gasteiger charge is -2.15. The maximum absolute atomic E-state index is 3.90. The molecule has 0 heterocycles. The third-order valence-corrected chi connectivity index (χ3v) is 3.02. The average molecular weight is 237 g/mol. The lowest BCUT2D eigenvalue weighted by Crippen LogP contribution is -2.22. The van der Waals surface area contributed by atoms with Crippen molar-refractivity contribution in [2.75, 3.05) is 6.54 Å². The summed E-state index contributed by atoms with van der Waals surface area (Å²) in [6.07, 6.45) is 3.00. The van der Waals surface area contributed by atoms with Crippen LogP contribution in [0, 0.1) is 0 Å². The highest BCUT2D eigenvalue weighted by molar-refractivity contribution is 5.22. The van der Waals surface area contributed by atoms with Crippen LogP contribution in [0.25, 0.3) is 0 Å². The summed E-state index contributed by atoms with van der Waals surface area (Å²) in [6.45, 7) is 4.85. The molecule has 1 N–H and O–H groups in total. The second-order valence-corrected chi connectivity index (χ2v) is 4.31. The van der Waals surface area contributed by atoms with Crippen molar-refractivity contribution < 1.29 is 0 Å². The van der Waals surface area contributed by atoms with Crippen LogP contribution < -0.4 is 5.32 Å². The molecular formula is C17H19N. The van der Waals surface area contributed by atoms with E-state index < -0.39 is 0 Å². The molecule has 18 heavy (non-hydrogen) atoms.